The largest absolute Gasteiger partial charge is 0.393 e. The van der Waals surface area contributed by atoms with Crippen molar-refractivity contribution in [1.82, 2.24) is 4.98 Å². The first-order valence-corrected chi connectivity index (χ1v) is 6.15. The van der Waals surface area contributed by atoms with Crippen LogP contribution in [0, 0.1) is 5.92 Å². The number of hydrogen-bond acceptors (Lipinski definition) is 3. The second-order valence-electron chi connectivity index (χ2n) is 4.42. The van der Waals surface area contributed by atoms with E-state index in [1.807, 2.05) is 6.07 Å². The van der Waals surface area contributed by atoms with Gasteiger partial charge in [0, 0.05) is 18.9 Å². The lowest BCUT2D eigenvalue weighted by molar-refractivity contribution is 0.105. The molecule has 16 heavy (non-hydrogen) atoms. The van der Waals surface area contributed by atoms with Crippen molar-refractivity contribution in [3.05, 3.63) is 23.5 Å². The normalized spacial score (nSPS) is 25.4. The number of nitrogens with zero attached hydrogens (tertiary/aromatic N) is 1. The van der Waals surface area contributed by atoms with Gasteiger partial charge in [-0.25, -0.2) is 0 Å². The molecule has 0 amide bonds. The summed E-state index contributed by atoms with van der Waals surface area (Å²) in [7, 11) is 0. The van der Waals surface area contributed by atoms with E-state index in [9.17, 15) is 5.11 Å². The zero-order chi connectivity index (χ0) is 11.4. The van der Waals surface area contributed by atoms with Crippen molar-refractivity contribution < 1.29 is 5.11 Å². The first-order chi connectivity index (χ1) is 7.75. The Balaban J connectivity index is 1.85. The van der Waals surface area contributed by atoms with Gasteiger partial charge in [-0.15, -0.1) is 0 Å². The highest BCUT2D eigenvalue weighted by atomic mass is 35.5. The minimum atomic E-state index is -0.117. The van der Waals surface area contributed by atoms with Gasteiger partial charge < -0.3 is 10.4 Å². The SMILES string of the molecule is OC1CCCC(CNc2ccncc2Cl)C1. The Kier molecular flexibility index (Phi) is 4.02. The van der Waals surface area contributed by atoms with Crippen LogP contribution in [0.25, 0.3) is 0 Å². The standard InChI is InChI=1S/C12H17ClN2O/c13-11-8-14-5-4-12(11)15-7-9-2-1-3-10(16)6-9/h4-5,8-10,16H,1-3,6-7H2,(H,14,15). The van der Waals surface area contributed by atoms with Crippen molar-refractivity contribution in [1.29, 1.82) is 0 Å². The number of nitrogens with one attached hydrogen (secondary N) is 1. The average Bonchev–Trinajstić information content (AvgIpc) is 2.28. The van der Waals surface area contributed by atoms with Gasteiger partial charge in [-0.3, -0.25) is 4.98 Å². The summed E-state index contributed by atoms with van der Waals surface area (Å²) < 4.78 is 0. The van der Waals surface area contributed by atoms with Gasteiger partial charge >= 0.3 is 0 Å². The third kappa shape index (κ3) is 3.09. The van der Waals surface area contributed by atoms with Crippen LogP contribution in [0.5, 0.6) is 0 Å². The Morgan fingerprint density at radius 1 is 1.50 bits per heavy atom. The third-order valence-electron chi connectivity index (χ3n) is 3.11. The Bertz CT molecular complexity index is 346. The summed E-state index contributed by atoms with van der Waals surface area (Å²) in [5.74, 6) is 0.549. The molecule has 0 saturated heterocycles. The number of rotatable bonds is 3. The average molecular weight is 241 g/mol. The second-order valence-corrected chi connectivity index (χ2v) is 4.83. The molecule has 0 spiro atoms. The van der Waals surface area contributed by atoms with Gasteiger partial charge in [-0.05, 0) is 31.2 Å². The minimum Gasteiger partial charge on any atom is -0.393 e. The van der Waals surface area contributed by atoms with E-state index in [1.54, 1.807) is 12.4 Å². The van der Waals surface area contributed by atoms with Crippen molar-refractivity contribution >= 4 is 17.3 Å². The first kappa shape index (κ1) is 11.7. The van der Waals surface area contributed by atoms with Gasteiger partial charge in [-0.2, -0.15) is 0 Å². The fourth-order valence-electron chi connectivity index (χ4n) is 2.22. The highest BCUT2D eigenvalue weighted by Crippen LogP contribution is 2.26. The summed E-state index contributed by atoms with van der Waals surface area (Å²) in [6.07, 6.45) is 7.41. The second kappa shape index (κ2) is 5.51. The minimum absolute atomic E-state index is 0.117. The highest BCUT2D eigenvalue weighted by Gasteiger charge is 2.19. The number of aliphatic hydroxyl groups is 1. The Morgan fingerprint density at radius 3 is 3.12 bits per heavy atom. The molecule has 0 bridgehead atoms. The van der Waals surface area contributed by atoms with Gasteiger partial charge in [0.2, 0.25) is 0 Å². The molecule has 2 unspecified atom stereocenters. The van der Waals surface area contributed by atoms with Gasteiger partial charge in [0.15, 0.2) is 0 Å². The van der Waals surface area contributed by atoms with Gasteiger partial charge in [0.05, 0.1) is 16.8 Å². The number of anilines is 1. The highest BCUT2D eigenvalue weighted by molar-refractivity contribution is 6.33. The fourth-order valence-corrected chi connectivity index (χ4v) is 2.41. The lowest BCUT2D eigenvalue weighted by atomic mass is 9.87. The Morgan fingerprint density at radius 2 is 2.38 bits per heavy atom. The van der Waals surface area contributed by atoms with Crippen LogP contribution in [0.4, 0.5) is 5.69 Å². The molecule has 0 aliphatic heterocycles. The molecule has 1 fully saturated rings. The van der Waals surface area contributed by atoms with Crippen LogP contribution in [0.15, 0.2) is 18.5 Å². The molecule has 2 N–H and O–H groups in total. The summed E-state index contributed by atoms with van der Waals surface area (Å²) >= 11 is 6.00. The van der Waals surface area contributed by atoms with E-state index >= 15 is 0 Å². The molecule has 88 valence electrons. The molecule has 2 rings (SSSR count). The third-order valence-corrected chi connectivity index (χ3v) is 3.41. The van der Waals surface area contributed by atoms with Crippen LogP contribution in [-0.4, -0.2) is 22.7 Å². The molecule has 1 aromatic heterocycles. The quantitative estimate of drug-likeness (QED) is 0.854. The lowest BCUT2D eigenvalue weighted by Crippen LogP contribution is -2.25. The van der Waals surface area contributed by atoms with Gasteiger partial charge in [0.1, 0.15) is 0 Å². The van der Waals surface area contributed by atoms with Crippen molar-refractivity contribution in [2.45, 2.75) is 31.8 Å². The molecule has 3 nitrogen and oxygen atoms in total. The molecule has 1 aromatic rings. The van der Waals surface area contributed by atoms with Crippen LogP contribution in [-0.2, 0) is 0 Å². The van der Waals surface area contributed by atoms with Crippen LogP contribution in [0.3, 0.4) is 0 Å². The number of halogens is 1. The molecule has 0 radical (unpaired) electrons. The summed E-state index contributed by atoms with van der Waals surface area (Å²) in [5.41, 5.74) is 0.928. The maximum Gasteiger partial charge on any atom is 0.0820 e. The van der Waals surface area contributed by atoms with Crippen LogP contribution < -0.4 is 5.32 Å². The lowest BCUT2D eigenvalue weighted by Gasteiger charge is -2.26. The summed E-state index contributed by atoms with van der Waals surface area (Å²) in [6, 6.07) is 1.88. The van der Waals surface area contributed by atoms with Crippen LogP contribution >= 0.6 is 11.6 Å². The molecule has 1 aliphatic rings. The van der Waals surface area contributed by atoms with Gasteiger partial charge in [0.25, 0.3) is 0 Å². The first-order valence-electron chi connectivity index (χ1n) is 5.77. The van der Waals surface area contributed by atoms with Crippen molar-refractivity contribution in [3.63, 3.8) is 0 Å². The molecule has 1 saturated carbocycles. The number of pyridine rings is 1. The molecular weight excluding hydrogens is 224 g/mol. The topological polar surface area (TPSA) is 45.1 Å². The van der Waals surface area contributed by atoms with E-state index < -0.39 is 0 Å². The molecule has 2 atom stereocenters. The van der Waals surface area contributed by atoms with E-state index in [2.05, 4.69) is 10.3 Å². The fraction of sp³-hybridized carbons (Fsp3) is 0.583. The molecular formula is C12H17ClN2O. The predicted octanol–water partition coefficient (Wildman–Crippen LogP) is 2.70. The molecule has 4 heteroatoms. The van der Waals surface area contributed by atoms with Gasteiger partial charge in [-0.1, -0.05) is 18.0 Å². The van der Waals surface area contributed by atoms with Crippen molar-refractivity contribution in [3.8, 4) is 0 Å². The smallest absolute Gasteiger partial charge is 0.0820 e. The zero-order valence-electron chi connectivity index (χ0n) is 9.19. The van der Waals surface area contributed by atoms with Crippen LogP contribution in [0.1, 0.15) is 25.7 Å². The zero-order valence-corrected chi connectivity index (χ0v) is 9.95. The van der Waals surface area contributed by atoms with E-state index in [4.69, 9.17) is 11.6 Å². The van der Waals surface area contributed by atoms with Crippen LogP contribution in [0.2, 0.25) is 5.02 Å². The predicted molar refractivity (Wildman–Crippen MR) is 65.7 cm³/mol. The van der Waals surface area contributed by atoms with E-state index in [1.165, 1.54) is 6.42 Å². The molecule has 1 aliphatic carbocycles. The summed E-state index contributed by atoms with van der Waals surface area (Å²) in [6.45, 7) is 0.876. The Hall–Kier alpha value is -0.800. The number of aliphatic hydroxyl groups excluding tert-OH is 1. The monoisotopic (exact) mass is 240 g/mol. The Labute approximate surface area is 101 Å². The maximum absolute atomic E-state index is 9.57. The molecule has 1 heterocycles. The number of aromatic nitrogens is 1. The van der Waals surface area contributed by atoms with E-state index in [-0.39, 0.29) is 6.10 Å². The van der Waals surface area contributed by atoms with Crippen molar-refractivity contribution in [2.75, 3.05) is 11.9 Å². The number of hydrogen-bond donors (Lipinski definition) is 2. The van der Waals surface area contributed by atoms with E-state index in [0.29, 0.717) is 10.9 Å². The van der Waals surface area contributed by atoms with Crippen molar-refractivity contribution in [2.24, 2.45) is 5.92 Å². The van der Waals surface area contributed by atoms with E-state index in [0.717, 1.165) is 31.5 Å². The molecule has 0 aromatic carbocycles. The maximum atomic E-state index is 9.57. The summed E-state index contributed by atoms with van der Waals surface area (Å²) in [4.78, 5) is 3.94. The summed E-state index contributed by atoms with van der Waals surface area (Å²) in [5, 5.41) is 13.5.